The Balaban J connectivity index is 1.14. The predicted octanol–water partition coefficient (Wildman–Crippen LogP) is 5.68. The number of rotatable bonds is 5. The lowest BCUT2D eigenvalue weighted by atomic mass is 9.46. The van der Waals surface area contributed by atoms with Crippen molar-refractivity contribution in [1.29, 1.82) is 0 Å². The van der Waals surface area contributed by atoms with Gasteiger partial charge < -0.3 is 9.84 Å². The minimum absolute atomic E-state index is 0.0486. The van der Waals surface area contributed by atoms with Crippen LogP contribution in [0.15, 0.2) is 66.5 Å². The van der Waals surface area contributed by atoms with Crippen LogP contribution < -0.4 is 4.74 Å². The Morgan fingerprint density at radius 3 is 2.72 bits per heavy atom. The van der Waals surface area contributed by atoms with Crippen molar-refractivity contribution in [3.8, 4) is 11.6 Å². The maximum atomic E-state index is 13.4. The lowest BCUT2D eigenvalue weighted by Gasteiger charge is -2.59. The molecular formula is C33H37N3O3. The number of allylic oxidation sites excluding steroid dienone is 1. The van der Waals surface area contributed by atoms with E-state index in [-0.39, 0.29) is 35.1 Å². The summed E-state index contributed by atoms with van der Waals surface area (Å²) in [6, 6.07) is 15.8. The molecule has 7 atom stereocenters. The molecule has 2 aromatic heterocycles. The highest BCUT2D eigenvalue weighted by Gasteiger charge is 2.63. The number of carbonyl (C=O) groups is 1. The zero-order valence-corrected chi connectivity index (χ0v) is 22.8. The van der Waals surface area contributed by atoms with E-state index in [0.717, 1.165) is 37.8 Å². The Bertz CT molecular complexity index is 1420. The summed E-state index contributed by atoms with van der Waals surface area (Å²) in [6.45, 7) is 4.69. The molecule has 0 aliphatic heterocycles. The maximum absolute atomic E-state index is 13.4. The van der Waals surface area contributed by atoms with Crippen LogP contribution >= 0.6 is 0 Å². The van der Waals surface area contributed by atoms with E-state index in [1.165, 1.54) is 16.8 Å². The highest BCUT2D eigenvalue weighted by atomic mass is 16.5. The fourth-order valence-corrected chi connectivity index (χ4v) is 9.17. The van der Waals surface area contributed by atoms with Gasteiger partial charge in [0.25, 0.3) is 0 Å². The van der Waals surface area contributed by atoms with Gasteiger partial charge in [-0.15, -0.1) is 0 Å². The maximum Gasteiger partial charge on any atom is 0.213 e. The number of aliphatic hydroxyl groups is 1. The number of benzene rings is 1. The molecule has 39 heavy (non-hydrogen) atoms. The number of ether oxygens (including phenoxy) is 1. The molecule has 7 unspecified atom stereocenters. The van der Waals surface area contributed by atoms with Crippen LogP contribution in [0.25, 0.3) is 11.8 Å². The van der Waals surface area contributed by atoms with Gasteiger partial charge in [0, 0.05) is 18.2 Å². The van der Waals surface area contributed by atoms with Crippen molar-refractivity contribution in [2.45, 2.75) is 58.5 Å². The molecule has 6 heteroatoms. The number of carbonyl (C=O) groups excluding carboxylic acids is 1. The van der Waals surface area contributed by atoms with Crippen molar-refractivity contribution < 1.29 is 14.6 Å². The summed E-state index contributed by atoms with van der Waals surface area (Å²) in [5.41, 5.74) is 4.69. The molecule has 3 fully saturated rings. The number of fused-ring (bicyclic) bond motifs is 6. The van der Waals surface area contributed by atoms with Crippen molar-refractivity contribution in [3.63, 3.8) is 0 Å². The Labute approximate surface area is 230 Å². The standard InChI is InChI=1S/C33H37N3O3/c1-32-17-21-19-35-36(23-8-4-3-5-9-23)27(21)16-22(32)11-12-24-25-13-14-26(33(25,2)18-28(37)31(24)32)29(38)20-39-30-10-6-7-15-34-30/h3-10,15-16,19,24-26,28,31,37H,11-14,17-18,20H2,1-2H3. The van der Waals surface area contributed by atoms with Crippen molar-refractivity contribution in [2.75, 3.05) is 6.61 Å². The zero-order chi connectivity index (χ0) is 26.8. The molecule has 1 aromatic carbocycles. The normalized spacial score (nSPS) is 34.7. The first-order valence-electron chi connectivity index (χ1n) is 14.5. The molecule has 7 rings (SSSR count). The van der Waals surface area contributed by atoms with Crippen LogP contribution in [0.4, 0.5) is 0 Å². The van der Waals surface area contributed by atoms with Gasteiger partial charge in [-0.1, -0.05) is 43.7 Å². The fraction of sp³-hybridized carbons (Fsp3) is 0.485. The van der Waals surface area contributed by atoms with Crippen LogP contribution in [0.5, 0.6) is 5.88 Å². The zero-order valence-electron chi connectivity index (χ0n) is 22.8. The van der Waals surface area contributed by atoms with Gasteiger partial charge in [-0.05, 0) is 96.9 Å². The summed E-state index contributed by atoms with van der Waals surface area (Å²) in [4.78, 5) is 17.6. The van der Waals surface area contributed by atoms with Crippen molar-refractivity contribution >= 4 is 11.9 Å². The third-order valence-corrected chi connectivity index (χ3v) is 10.8. The summed E-state index contributed by atoms with van der Waals surface area (Å²) in [6.07, 6.45) is 11.3. The molecule has 3 aromatic rings. The van der Waals surface area contributed by atoms with Gasteiger partial charge in [0.2, 0.25) is 5.88 Å². The summed E-state index contributed by atoms with van der Waals surface area (Å²) < 4.78 is 7.81. The second kappa shape index (κ2) is 9.16. The van der Waals surface area contributed by atoms with Crippen LogP contribution in [0.3, 0.4) is 0 Å². The van der Waals surface area contributed by atoms with E-state index in [1.54, 1.807) is 12.3 Å². The van der Waals surface area contributed by atoms with E-state index in [9.17, 15) is 9.90 Å². The fourth-order valence-electron chi connectivity index (χ4n) is 9.17. The smallest absolute Gasteiger partial charge is 0.213 e. The number of nitrogens with zero attached hydrogens (tertiary/aromatic N) is 3. The Hall–Kier alpha value is -3.25. The minimum atomic E-state index is -0.430. The average Bonchev–Trinajstić information content (AvgIpc) is 3.50. The molecule has 0 radical (unpaired) electrons. The molecule has 0 spiro atoms. The molecule has 0 saturated heterocycles. The van der Waals surface area contributed by atoms with Crippen LogP contribution in [-0.4, -0.2) is 38.4 Å². The van der Waals surface area contributed by atoms with Gasteiger partial charge in [-0.25, -0.2) is 9.67 Å². The number of hydrogen-bond acceptors (Lipinski definition) is 5. The quantitative estimate of drug-likeness (QED) is 0.465. The lowest BCUT2D eigenvalue weighted by Crippen LogP contribution is -2.57. The number of pyridine rings is 1. The number of hydrogen-bond donors (Lipinski definition) is 1. The van der Waals surface area contributed by atoms with Crippen LogP contribution in [-0.2, 0) is 11.2 Å². The molecule has 4 aliphatic carbocycles. The Morgan fingerprint density at radius 2 is 1.92 bits per heavy atom. The van der Waals surface area contributed by atoms with Crippen LogP contribution in [0.2, 0.25) is 0 Å². The summed E-state index contributed by atoms with van der Waals surface area (Å²) >= 11 is 0. The van der Waals surface area contributed by atoms with E-state index < -0.39 is 6.10 Å². The summed E-state index contributed by atoms with van der Waals surface area (Å²) in [5.74, 6) is 1.62. The molecule has 1 N–H and O–H groups in total. The van der Waals surface area contributed by atoms with Gasteiger partial charge in [0.15, 0.2) is 5.78 Å². The van der Waals surface area contributed by atoms with Gasteiger partial charge in [-0.3, -0.25) is 4.79 Å². The number of aliphatic hydroxyl groups excluding tert-OH is 1. The van der Waals surface area contributed by atoms with Crippen molar-refractivity contribution in [1.82, 2.24) is 14.8 Å². The van der Waals surface area contributed by atoms with E-state index in [2.05, 4.69) is 41.7 Å². The molecule has 0 amide bonds. The Kier molecular flexibility index (Phi) is 5.81. The van der Waals surface area contributed by atoms with E-state index in [1.807, 2.05) is 36.5 Å². The van der Waals surface area contributed by atoms with E-state index >= 15 is 0 Å². The monoisotopic (exact) mass is 523 g/mol. The summed E-state index contributed by atoms with van der Waals surface area (Å²) in [7, 11) is 0. The third kappa shape index (κ3) is 3.82. The molecular weight excluding hydrogens is 486 g/mol. The highest BCUT2D eigenvalue weighted by molar-refractivity contribution is 5.83. The minimum Gasteiger partial charge on any atom is -0.470 e. The molecule has 0 bridgehead atoms. The SMILES string of the molecule is CC12Cc3cnn(-c4ccccc4)c3C=C1CCC1C2C(O)CC2(C)C(C(=O)COc3ccccn3)CCC12. The van der Waals surface area contributed by atoms with E-state index in [0.29, 0.717) is 24.1 Å². The predicted molar refractivity (Wildman–Crippen MR) is 149 cm³/mol. The first-order chi connectivity index (χ1) is 18.9. The second-order valence-electron chi connectivity index (χ2n) is 12.7. The van der Waals surface area contributed by atoms with Gasteiger partial charge in [0.05, 0.1) is 23.7 Å². The van der Waals surface area contributed by atoms with Crippen molar-refractivity contribution in [3.05, 3.63) is 77.8 Å². The van der Waals surface area contributed by atoms with Gasteiger partial charge in [0.1, 0.15) is 6.61 Å². The van der Waals surface area contributed by atoms with Crippen LogP contribution in [0.1, 0.15) is 57.2 Å². The van der Waals surface area contributed by atoms with Crippen molar-refractivity contribution in [2.24, 2.45) is 34.5 Å². The topological polar surface area (TPSA) is 77.2 Å². The third-order valence-electron chi connectivity index (χ3n) is 10.8. The first kappa shape index (κ1) is 24.8. The molecule has 202 valence electrons. The second-order valence-corrected chi connectivity index (χ2v) is 12.7. The lowest BCUT2D eigenvalue weighted by molar-refractivity contribution is -0.143. The number of aromatic nitrogens is 3. The van der Waals surface area contributed by atoms with Crippen LogP contribution in [0, 0.1) is 34.5 Å². The number of ketones is 1. The molecule has 4 aliphatic rings. The Morgan fingerprint density at radius 1 is 1.10 bits per heavy atom. The molecule has 6 nitrogen and oxygen atoms in total. The largest absolute Gasteiger partial charge is 0.470 e. The molecule has 3 saturated carbocycles. The number of Topliss-reactive ketones (excluding diaryl/α,β-unsaturated/α-hetero) is 1. The van der Waals surface area contributed by atoms with E-state index in [4.69, 9.17) is 9.84 Å². The molecule has 2 heterocycles. The highest BCUT2D eigenvalue weighted by Crippen LogP contribution is 2.66. The summed E-state index contributed by atoms with van der Waals surface area (Å²) in [5, 5.41) is 16.6. The van der Waals surface area contributed by atoms with Gasteiger partial charge >= 0.3 is 0 Å². The van der Waals surface area contributed by atoms with Gasteiger partial charge in [-0.2, -0.15) is 5.10 Å². The average molecular weight is 524 g/mol. The number of para-hydroxylation sites is 1. The first-order valence-corrected chi connectivity index (χ1v) is 14.5.